The van der Waals surface area contributed by atoms with E-state index in [9.17, 15) is 0 Å². The second kappa shape index (κ2) is 6.47. The smallest absolute Gasteiger partial charge is 0.105 e. The summed E-state index contributed by atoms with van der Waals surface area (Å²) in [6, 6.07) is 7.23. The molecule has 0 atom stereocenters. The number of nitrogens with zero attached hydrogens (tertiary/aromatic N) is 2. The maximum absolute atomic E-state index is 5.31. The number of thiocarbonyl (C=S) groups is 1. The highest BCUT2D eigenvalue weighted by atomic mass is 32.1. The Bertz CT molecular complexity index is 430. The van der Waals surface area contributed by atoms with Crippen LogP contribution in [0.1, 0.15) is 5.56 Å². The van der Waals surface area contributed by atoms with Crippen molar-refractivity contribution in [1.29, 1.82) is 0 Å². The fourth-order valence-corrected chi connectivity index (χ4v) is 1.01. The number of aromatic nitrogens is 2. The van der Waals surface area contributed by atoms with Crippen LogP contribution in [0.25, 0.3) is 0 Å². The summed E-state index contributed by atoms with van der Waals surface area (Å²) in [5.41, 5.74) is 12.1. The van der Waals surface area contributed by atoms with Crippen LogP contribution in [0.3, 0.4) is 0 Å². The normalized spacial score (nSPS) is 8.75. The third-order valence-electron chi connectivity index (χ3n) is 1.63. The number of hydrogen-bond donors (Lipinski definition) is 2. The summed E-state index contributed by atoms with van der Waals surface area (Å²) in [7, 11) is 0. The van der Waals surface area contributed by atoms with E-state index in [0.29, 0.717) is 10.7 Å². The lowest BCUT2D eigenvalue weighted by Gasteiger charge is -1.92. The monoisotopic (exact) mass is 232 g/mol. The first-order valence-electron chi connectivity index (χ1n) is 4.55. The van der Waals surface area contributed by atoms with Gasteiger partial charge in [-0.3, -0.25) is 9.97 Å². The van der Waals surface area contributed by atoms with Crippen LogP contribution in [0, 0.1) is 0 Å². The Kier molecular flexibility index (Phi) is 4.88. The first-order chi connectivity index (χ1) is 7.70. The lowest BCUT2D eigenvalue weighted by atomic mass is 10.3. The molecule has 0 aliphatic rings. The van der Waals surface area contributed by atoms with Crippen LogP contribution in [0.5, 0.6) is 0 Å². The highest BCUT2D eigenvalue weighted by Gasteiger charge is 1.90. The average Bonchev–Trinajstić information content (AvgIpc) is 2.32. The molecule has 0 aliphatic heterocycles. The van der Waals surface area contributed by atoms with Gasteiger partial charge in [-0.1, -0.05) is 12.2 Å². The molecule has 4 nitrogen and oxygen atoms in total. The molecule has 0 spiro atoms. The molecule has 5 heteroatoms. The molecule has 16 heavy (non-hydrogen) atoms. The summed E-state index contributed by atoms with van der Waals surface area (Å²) in [6.07, 6.45) is 6.63. The molecule has 82 valence electrons. The second-order valence-electron chi connectivity index (χ2n) is 2.89. The van der Waals surface area contributed by atoms with Gasteiger partial charge in [0.25, 0.3) is 0 Å². The van der Waals surface area contributed by atoms with E-state index >= 15 is 0 Å². The van der Waals surface area contributed by atoms with Crippen molar-refractivity contribution in [1.82, 2.24) is 9.97 Å². The molecule has 0 bridgehead atoms. The molecule has 4 N–H and O–H groups in total. The Labute approximate surface area is 99.3 Å². The standard InChI is InChI=1S/C6H6N2S.C5H6N2/c7-6(9)5-2-1-3-8-4-5;6-5-2-1-3-7-4-5/h1-4H,(H2,7,9);1-4H,6H2. The summed E-state index contributed by atoms with van der Waals surface area (Å²) >= 11 is 4.70. The van der Waals surface area contributed by atoms with Crippen LogP contribution in [0.4, 0.5) is 5.69 Å². The molecule has 2 heterocycles. The second-order valence-corrected chi connectivity index (χ2v) is 3.33. The van der Waals surface area contributed by atoms with Crippen LogP contribution in [-0.2, 0) is 0 Å². The third-order valence-corrected chi connectivity index (χ3v) is 1.87. The first kappa shape index (κ1) is 12.1. The van der Waals surface area contributed by atoms with E-state index in [1.165, 1.54) is 0 Å². The van der Waals surface area contributed by atoms with Crippen molar-refractivity contribution in [2.24, 2.45) is 5.73 Å². The molecule has 0 saturated carbocycles. The molecule has 0 saturated heterocycles. The Morgan fingerprint density at radius 2 is 1.69 bits per heavy atom. The number of anilines is 1. The van der Waals surface area contributed by atoms with Crippen LogP contribution in [-0.4, -0.2) is 15.0 Å². The van der Waals surface area contributed by atoms with Gasteiger partial charge < -0.3 is 11.5 Å². The summed E-state index contributed by atoms with van der Waals surface area (Å²) in [6.45, 7) is 0. The molecule has 0 fully saturated rings. The number of hydrogen-bond acceptors (Lipinski definition) is 4. The zero-order valence-electron chi connectivity index (χ0n) is 8.58. The lowest BCUT2D eigenvalue weighted by Crippen LogP contribution is -2.08. The van der Waals surface area contributed by atoms with E-state index in [-0.39, 0.29) is 0 Å². The molecular formula is C11H12N4S. The Balaban J connectivity index is 0.000000165. The molecule has 0 aromatic carbocycles. The van der Waals surface area contributed by atoms with Crippen molar-refractivity contribution in [3.8, 4) is 0 Å². The topological polar surface area (TPSA) is 77.8 Å². The van der Waals surface area contributed by atoms with E-state index < -0.39 is 0 Å². The van der Waals surface area contributed by atoms with Crippen molar-refractivity contribution in [3.05, 3.63) is 54.6 Å². The molecule has 2 aromatic rings. The summed E-state index contributed by atoms with van der Waals surface area (Å²) in [5.74, 6) is 0. The minimum atomic E-state index is 0.392. The summed E-state index contributed by atoms with van der Waals surface area (Å²) in [5, 5.41) is 0. The van der Waals surface area contributed by atoms with Gasteiger partial charge in [0.2, 0.25) is 0 Å². The van der Waals surface area contributed by atoms with Gasteiger partial charge >= 0.3 is 0 Å². The fraction of sp³-hybridized carbons (Fsp3) is 0. The average molecular weight is 232 g/mol. The SMILES string of the molecule is NC(=S)c1cccnc1.Nc1cccnc1. The molecule has 0 aliphatic carbocycles. The third kappa shape index (κ3) is 4.47. The molecule has 0 radical (unpaired) electrons. The maximum Gasteiger partial charge on any atom is 0.105 e. The largest absolute Gasteiger partial charge is 0.397 e. The van der Waals surface area contributed by atoms with Crippen LogP contribution in [0.2, 0.25) is 0 Å². The number of nitrogen functional groups attached to an aromatic ring is 1. The quantitative estimate of drug-likeness (QED) is 0.726. The number of nitrogens with two attached hydrogens (primary N) is 2. The minimum Gasteiger partial charge on any atom is -0.397 e. The van der Waals surface area contributed by atoms with Crippen LogP contribution >= 0.6 is 12.2 Å². The lowest BCUT2D eigenvalue weighted by molar-refractivity contribution is 1.32. The fourth-order valence-electron chi connectivity index (χ4n) is 0.884. The Morgan fingerprint density at radius 3 is 1.94 bits per heavy atom. The Morgan fingerprint density at radius 1 is 1.06 bits per heavy atom. The first-order valence-corrected chi connectivity index (χ1v) is 4.96. The van der Waals surface area contributed by atoms with Gasteiger partial charge in [-0.15, -0.1) is 0 Å². The molecular weight excluding hydrogens is 220 g/mol. The number of rotatable bonds is 1. The molecule has 2 rings (SSSR count). The number of pyridine rings is 2. The van der Waals surface area contributed by atoms with Crippen molar-refractivity contribution >= 4 is 22.9 Å². The van der Waals surface area contributed by atoms with E-state index in [2.05, 4.69) is 9.97 Å². The predicted octanol–water partition coefficient (Wildman–Crippen LogP) is 1.38. The Hall–Kier alpha value is -2.01. The van der Waals surface area contributed by atoms with Crippen molar-refractivity contribution in [2.75, 3.05) is 5.73 Å². The van der Waals surface area contributed by atoms with Crippen molar-refractivity contribution < 1.29 is 0 Å². The van der Waals surface area contributed by atoms with Crippen LogP contribution < -0.4 is 11.5 Å². The molecule has 0 unspecified atom stereocenters. The van der Waals surface area contributed by atoms with Gasteiger partial charge in [0.1, 0.15) is 4.99 Å². The molecule has 0 amide bonds. The highest BCUT2D eigenvalue weighted by Crippen LogP contribution is 1.93. The summed E-state index contributed by atoms with van der Waals surface area (Å²) in [4.78, 5) is 7.99. The van der Waals surface area contributed by atoms with E-state index in [0.717, 1.165) is 5.56 Å². The van der Waals surface area contributed by atoms with Gasteiger partial charge in [-0.05, 0) is 24.3 Å². The highest BCUT2D eigenvalue weighted by molar-refractivity contribution is 7.80. The van der Waals surface area contributed by atoms with Gasteiger partial charge in [-0.25, -0.2) is 0 Å². The maximum atomic E-state index is 5.31. The van der Waals surface area contributed by atoms with Crippen molar-refractivity contribution in [3.63, 3.8) is 0 Å². The van der Waals surface area contributed by atoms with Gasteiger partial charge in [0.15, 0.2) is 0 Å². The van der Waals surface area contributed by atoms with E-state index in [4.69, 9.17) is 23.7 Å². The van der Waals surface area contributed by atoms with Gasteiger partial charge in [-0.2, -0.15) is 0 Å². The van der Waals surface area contributed by atoms with Crippen LogP contribution in [0.15, 0.2) is 49.1 Å². The van der Waals surface area contributed by atoms with Crippen molar-refractivity contribution in [2.45, 2.75) is 0 Å². The predicted molar refractivity (Wildman–Crippen MR) is 68.8 cm³/mol. The zero-order valence-corrected chi connectivity index (χ0v) is 9.39. The molecule has 2 aromatic heterocycles. The minimum absolute atomic E-state index is 0.392. The van der Waals surface area contributed by atoms with E-state index in [1.54, 1.807) is 43.0 Å². The zero-order chi connectivity index (χ0) is 11.8. The van der Waals surface area contributed by atoms with E-state index in [1.807, 2.05) is 6.07 Å². The van der Waals surface area contributed by atoms with Gasteiger partial charge in [0.05, 0.1) is 5.69 Å². The summed E-state index contributed by atoms with van der Waals surface area (Å²) < 4.78 is 0. The van der Waals surface area contributed by atoms with Gasteiger partial charge in [0, 0.05) is 30.4 Å².